The summed E-state index contributed by atoms with van der Waals surface area (Å²) in [6, 6.07) is 19.0. The van der Waals surface area contributed by atoms with Gasteiger partial charge in [0.05, 0.1) is 16.8 Å². The maximum atomic E-state index is 13.0. The Bertz CT molecular complexity index is 1280. The smallest absolute Gasteiger partial charge is 0.324 e. The molecule has 0 N–H and O–H groups in total. The van der Waals surface area contributed by atoms with Crippen LogP contribution in [0.5, 0.6) is 0 Å². The van der Waals surface area contributed by atoms with Crippen molar-refractivity contribution in [1.82, 2.24) is 19.8 Å². The van der Waals surface area contributed by atoms with Gasteiger partial charge < -0.3 is 4.84 Å². The molecule has 2 aromatic carbocycles. The van der Waals surface area contributed by atoms with Crippen molar-refractivity contribution in [2.45, 2.75) is 0 Å². The van der Waals surface area contributed by atoms with E-state index in [1.807, 2.05) is 30.3 Å². The van der Waals surface area contributed by atoms with Gasteiger partial charge in [0.15, 0.2) is 0 Å². The fraction of sp³-hybridized carbons (Fsp3) is 0. The van der Waals surface area contributed by atoms with Gasteiger partial charge in [-0.05, 0) is 36.4 Å². The highest BCUT2D eigenvalue weighted by molar-refractivity contribution is 6.21. The summed E-state index contributed by atoms with van der Waals surface area (Å²) in [6.45, 7) is 0. The van der Waals surface area contributed by atoms with E-state index in [0.29, 0.717) is 16.3 Å². The van der Waals surface area contributed by atoms with Crippen LogP contribution in [-0.2, 0) is 4.84 Å². The number of carbonyl (C=O) groups excluding carboxylic acids is 3. The van der Waals surface area contributed by atoms with Crippen LogP contribution in [0, 0.1) is 0 Å². The first kappa shape index (κ1) is 18.4. The Balaban J connectivity index is 1.52. The number of pyridine rings is 1. The van der Waals surface area contributed by atoms with Crippen LogP contribution in [0.1, 0.15) is 31.1 Å². The van der Waals surface area contributed by atoms with E-state index in [1.165, 1.54) is 23.0 Å². The van der Waals surface area contributed by atoms with E-state index in [9.17, 15) is 14.4 Å². The molecule has 0 unspecified atom stereocenters. The Hall–Kier alpha value is -4.59. The molecule has 2 amide bonds. The summed E-state index contributed by atoms with van der Waals surface area (Å²) in [5, 5.41) is 5.00. The van der Waals surface area contributed by atoms with Crippen molar-refractivity contribution in [3.8, 4) is 16.9 Å². The monoisotopic (exact) mass is 410 g/mol. The predicted octanol–water partition coefficient (Wildman–Crippen LogP) is 3.30. The SMILES string of the molecule is O=C(ON1C(=O)c2ccccc2C1=O)c1cn(-c2ccccc2)nc1-c1cccnc1. The lowest BCUT2D eigenvalue weighted by Gasteiger charge is -2.12. The van der Waals surface area contributed by atoms with Gasteiger partial charge in [-0.1, -0.05) is 35.4 Å². The number of benzene rings is 2. The van der Waals surface area contributed by atoms with Gasteiger partial charge in [-0.2, -0.15) is 5.10 Å². The lowest BCUT2D eigenvalue weighted by Crippen LogP contribution is -2.32. The normalized spacial score (nSPS) is 12.7. The molecule has 0 aliphatic carbocycles. The number of amides is 2. The quantitative estimate of drug-likeness (QED) is 0.479. The molecule has 0 saturated heterocycles. The van der Waals surface area contributed by atoms with Gasteiger partial charge in [-0.3, -0.25) is 14.6 Å². The average molecular weight is 410 g/mol. The fourth-order valence-corrected chi connectivity index (χ4v) is 3.33. The number of nitrogens with zero attached hydrogens (tertiary/aromatic N) is 4. The van der Waals surface area contributed by atoms with Gasteiger partial charge >= 0.3 is 5.97 Å². The molecular formula is C23H14N4O4. The predicted molar refractivity (Wildman–Crippen MR) is 109 cm³/mol. The van der Waals surface area contributed by atoms with Gasteiger partial charge in [0, 0.05) is 24.2 Å². The van der Waals surface area contributed by atoms with E-state index in [2.05, 4.69) is 10.1 Å². The molecule has 8 heteroatoms. The molecule has 1 aliphatic heterocycles. The summed E-state index contributed by atoms with van der Waals surface area (Å²) >= 11 is 0. The molecule has 0 radical (unpaired) electrons. The van der Waals surface area contributed by atoms with Crippen LogP contribution in [0.2, 0.25) is 0 Å². The molecule has 5 rings (SSSR count). The largest absolute Gasteiger partial charge is 0.367 e. The van der Waals surface area contributed by atoms with Crippen molar-refractivity contribution in [1.29, 1.82) is 0 Å². The molecule has 0 saturated carbocycles. The number of aromatic nitrogens is 3. The third kappa shape index (κ3) is 3.16. The number of hydrogen-bond acceptors (Lipinski definition) is 6. The first-order valence-electron chi connectivity index (χ1n) is 9.39. The minimum atomic E-state index is -0.879. The fourth-order valence-electron chi connectivity index (χ4n) is 3.33. The summed E-state index contributed by atoms with van der Waals surface area (Å²) in [5.74, 6) is -2.25. The van der Waals surface area contributed by atoms with Crippen molar-refractivity contribution < 1.29 is 19.2 Å². The van der Waals surface area contributed by atoms with Crippen molar-refractivity contribution in [3.63, 3.8) is 0 Å². The Morgan fingerprint density at radius 2 is 1.52 bits per heavy atom. The number of para-hydroxylation sites is 1. The third-order valence-corrected chi connectivity index (χ3v) is 4.82. The summed E-state index contributed by atoms with van der Waals surface area (Å²) in [4.78, 5) is 47.5. The van der Waals surface area contributed by atoms with Gasteiger partial charge in [0.1, 0.15) is 11.3 Å². The Morgan fingerprint density at radius 1 is 0.839 bits per heavy atom. The molecule has 0 fully saturated rings. The second kappa shape index (κ2) is 7.34. The van der Waals surface area contributed by atoms with E-state index in [-0.39, 0.29) is 16.7 Å². The van der Waals surface area contributed by atoms with Crippen LogP contribution in [0.3, 0.4) is 0 Å². The molecule has 8 nitrogen and oxygen atoms in total. The van der Waals surface area contributed by atoms with Crippen LogP contribution in [-0.4, -0.2) is 37.6 Å². The maximum absolute atomic E-state index is 13.0. The molecule has 0 atom stereocenters. The maximum Gasteiger partial charge on any atom is 0.367 e. The number of carbonyl (C=O) groups is 3. The molecular weight excluding hydrogens is 396 g/mol. The summed E-state index contributed by atoms with van der Waals surface area (Å²) in [6.07, 6.45) is 4.67. The highest BCUT2D eigenvalue weighted by atomic mass is 16.7. The van der Waals surface area contributed by atoms with Gasteiger partial charge in [-0.25, -0.2) is 9.48 Å². The second-order valence-corrected chi connectivity index (χ2v) is 6.74. The minimum absolute atomic E-state index is 0.0911. The lowest BCUT2D eigenvalue weighted by atomic mass is 10.1. The lowest BCUT2D eigenvalue weighted by molar-refractivity contribution is -0.0584. The molecule has 150 valence electrons. The van der Waals surface area contributed by atoms with Crippen LogP contribution in [0.15, 0.2) is 85.3 Å². The zero-order valence-corrected chi connectivity index (χ0v) is 16.0. The zero-order valence-electron chi connectivity index (χ0n) is 16.0. The number of hydrogen-bond donors (Lipinski definition) is 0. The first-order chi connectivity index (χ1) is 15.1. The molecule has 2 aromatic heterocycles. The minimum Gasteiger partial charge on any atom is -0.324 e. The van der Waals surface area contributed by atoms with Crippen molar-refractivity contribution in [3.05, 3.63) is 102 Å². The zero-order chi connectivity index (χ0) is 21.4. The number of fused-ring (bicyclic) bond motifs is 1. The van der Waals surface area contributed by atoms with Crippen molar-refractivity contribution in [2.75, 3.05) is 0 Å². The molecule has 0 spiro atoms. The Kier molecular flexibility index (Phi) is 4.37. The molecule has 0 bridgehead atoms. The number of imide groups is 1. The van der Waals surface area contributed by atoms with E-state index in [4.69, 9.17) is 4.84 Å². The highest BCUT2D eigenvalue weighted by Crippen LogP contribution is 2.27. The standard InChI is InChI=1S/C23H14N4O4/c28-21-17-10-4-5-11-18(17)22(29)27(21)31-23(30)19-14-26(16-8-2-1-3-9-16)25-20(19)15-7-6-12-24-13-15/h1-14H. The summed E-state index contributed by atoms with van der Waals surface area (Å²) in [5.41, 5.74) is 2.10. The topological polar surface area (TPSA) is 94.4 Å². The van der Waals surface area contributed by atoms with E-state index < -0.39 is 17.8 Å². The van der Waals surface area contributed by atoms with Crippen LogP contribution in [0.4, 0.5) is 0 Å². The molecule has 3 heterocycles. The van der Waals surface area contributed by atoms with Crippen molar-refractivity contribution >= 4 is 17.8 Å². The van der Waals surface area contributed by atoms with E-state index in [1.54, 1.807) is 36.7 Å². The van der Waals surface area contributed by atoms with E-state index in [0.717, 1.165) is 5.69 Å². The Morgan fingerprint density at radius 3 is 2.16 bits per heavy atom. The van der Waals surface area contributed by atoms with Crippen LogP contribution < -0.4 is 0 Å². The van der Waals surface area contributed by atoms with Gasteiger partial charge in [0.2, 0.25) is 0 Å². The van der Waals surface area contributed by atoms with Crippen molar-refractivity contribution in [2.24, 2.45) is 0 Å². The summed E-state index contributed by atoms with van der Waals surface area (Å²) < 4.78 is 1.53. The molecule has 1 aliphatic rings. The number of rotatable bonds is 4. The van der Waals surface area contributed by atoms with Gasteiger partial charge in [-0.15, -0.1) is 0 Å². The molecule has 31 heavy (non-hydrogen) atoms. The second-order valence-electron chi connectivity index (χ2n) is 6.74. The Labute approximate surface area is 176 Å². The third-order valence-electron chi connectivity index (χ3n) is 4.82. The number of hydroxylamine groups is 2. The van der Waals surface area contributed by atoms with Crippen LogP contribution >= 0.6 is 0 Å². The highest BCUT2D eigenvalue weighted by Gasteiger charge is 2.39. The average Bonchev–Trinajstić information content (AvgIpc) is 3.37. The van der Waals surface area contributed by atoms with Crippen LogP contribution in [0.25, 0.3) is 16.9 Å². The summed E-state index contributed by atoms with van der Waals surface area (Å²) in [7, 11) is 0. The molecule has 4 aromatic rings. The first-order valence-corrected chi connectivity index (χ1v) is 9.39. The van der Waals surface area contributed by atoms with Gasteiger partial charge in [0.25, 0.3) is 11.8 Å². The van der Waals surface area contributed by atoms with E-state index >= 15 is 0 Å².